The molecule has 0 radical (unpaired) electrons. The highest BCUT2D eigenvalue weighted by molar-refractivity contribution is 9.10. The van der Waals surface area contributed by atoms with Gasteiger partial charge in [-0.1, -0.05) is 42.1 Å². The van der Waals surface area contributed by atoms with Crippen molar-refractivity contribution in [3.63, 3.8) is 0 Å². The van der Waals surface area contributed by atoms with Gasteiger partial charge in [0.05, 0.1) is 11.4 Å². The summed E-state index contributed by atoms with van der Waals surface area (Å²) in [6.07, 6.45) is 5.05. The van der Waals surface area contributed by atoms with E-state index < -0.39 is 0 Å². The highest BCUT2D eigenvalue weighted by Gasteiger charge is 2.04. The minimum absolute atomic E-state index is 0.482. The second-order valence-electron chi connectivity index (χ2n) is 4.27. The highest BCUT2D eigenvalue weighted by atomic mass is 79.9. The zero-order valence-electron chi connectivity index (χ0n) is 10.1. The first kappa shape index (κ1) is 13.4. The molecular formula is C13H21BrN2. The van der Waals surface area contributed by atoms with Gasteiger partial charge in [-0.25, -0.2) is 0 Å². The molecule has 0 aliphatic heterocycles. The Morgan fingerprint density at radius 2 is 2.12 bits per heavy atom. The average Bonchev–Trinajstić information content (AvgIpc) is 2.23. The summed E-state index contributed by atoms with van der Waals surface area (Å²) in [4.78, 5) is 0. The Hall–Kier alpha value is -0.700. The molecule has 0 aliphatic carbocycles. The van der Waals surface area contributed by atoms with Crippen LogP contribution < -0.4 is 11.1 Å². The summed E-state index contributed by atoms with van der Waals surface area (Å²) in [5.41, 5.74) is 7.77. The van der Waals surface area contributed by atoms with Gasteiger partial charge in [0.1, 0.15) is 0 Å². The number of unbranched alkanes of at least 4 members (excludes halogenated alkanes) is 2. The second-order valence-corrected chi connectivity index (χ2v) is 5.19. The second kappa shape index (κ2) is 6.79. The van der Waals surface area contributed by atoms with Gasteiger partial charge in [0.2, 0.25) is 0 Å². The van der Waals surface area contributed by atoms with Gasteiger partial charge in [0.25, 0.3) is 0 Å². The fourth-order valence-corrected chi connectivity index (χ4v) is 2.08. The van der Waals surface area contributed by atoms with Crippen LogP contribution in [0.2, 0.25) is 0 Å². The molecule has 1 aromatic rings. The number of nitrogen functional groups attached to an aromatic ring is 1. The molecular weight excluding hydrogens is 264 g/mol. The zero-order chi connectivity index (χ0) is 12.0. The lowest BCUT2D eigenvalue weighted by Crippen LogP contribution is -2.15. The van der Waals surface area contributed by atoms with Gasteiger partial charge in [-0.05, 0) is 31.5 Å². The molecule has 3 heteroatoms. The van der Waals surface area contributed by atoms with Crippen molar-refractivity contribution >= 4 is 27.3 Å². The van der Waals surface area contributed by atoms with Gasteiger partial charge in [0.15, 0.2) is 0 Å². The van der Waals surface area contributed by atoms with Crippen LogP contribution in [0.3, 0.4) is 0 Å². The van der Waals surface area contributed by atoms with E-state index in [0.29, 0.717) is 6.04 Å². The predicted octanol–water partition coefficient (Wildman–Crippen LogP) is 4.41. The number of hydrogen-bond acceptors (Lipinski definition) is 2. The van der Waals surface area contributed by atoms with E-state index in [1.807, 2.05) is 18.2 Å². The molecule has 0 amide bonds. The summed E-state index contributed by atoms with van der Waals surface area (Å²) < 4.78 is 1.02. The van der Waals surface area contributed by atoms with Crippen LogP contribution in [0.5, 0.6) is 0 Å². The maximum atomic E-state index is 5.93. The number of nitrogens with one attached hydrogen (secondary N) is 1. The predicted molar refractivity (Wildman–Crippen MR) is 75.8 cm³/mol. The lowest BCUT2D eigenvalue weighted by Gasteiger charge is -2.16. The van der Waals surface area contributed by atoms with Crippen LogP contribution in [0.15, 0.2) is 22.7 Å². The summed E-state index contributed by atoms with van der Waals surface area (Å²) in [6.45, 7) is 4.43. The van der Waals surface area contributed by atoms with E-state index in [4.69, 9.17) is 5.73 Å². The van der Waals surface area contributed by atoms with E-state index in [2.05, 4.69) is 35.1 Å². The monoisotopic (exact) mass is 284 g/mol. The third-order valence-corrected chi connectivity index (χ3v) is 3.15. The van der Waals surface area contributed by atoms with Crippen molar-refractivity contribution in [2.75, 3.05) is 11.1 Å². The van der Waals surface area contributed by atoms with Crippen molar-refractivity contribution in [2.45, 2.75) is 45.6 Å². The van der Waals surface area contributed by atoms with E-state index >= 15 is 0 Å². The van der Waals surface area contributed by atoms with Crippen LogP contribution in [0.25, 0.3) is 0 Å². The van der Waals surface area contributed by atoms with Crippen molar-refractivity contribution in [2.24, 2.45) is 0 Å². The molecule has 90 valence electrons. The number of halogens is 1. The minimum atomic E-state index is 0.482. The third kappa shape index (κ3) is 4.44. The molecule has 0 bridgehead atoms. The summed E-state index contributed by atoms with van der Waals surface area (Å²) in [7, 11) is 0. The Morgan fingerprint density at radius 1 is 1.38 bits per heavy atom. The quantitative estimate of drug-likeness (QED) is 0.600. The number of hydrogen-bond donors (Lipinski definition) is 2. The largest absolute Gasteiger partial charge is 0.397 e. The minimum Gasteiger partial charge on any atom is -0.397 e. The van der Waals surface area contributed by atoms with Crippen molar-refractivity contribution in [3.8, 4) is 0 Å². The Bertz CT molecular complexity index is 326. The van der Waals surface area contributed by atoms with Gasteiger partial charge < -0.3 is 11.1 Å². The van der Waals surface area contributed by atoms with Crippen LogP contribution in [-0.4, -0.2) is 6.04 Å². The summed E-state index contributed by atoms with van der Waals surface area (Å²) >= 11 is 3.41. The molecule has 0 heterocycles. The Morgan fingerprint density at radius 3 is 2.75 bits per heavy atom. The molecule has 0 aliphatic rings. The molecule has 16 heavy (non-hydrogen) atoms. The summed E-state index contributed by atoms with van der Waals surface area (Å²) in [6, 6.07) is 6.45. The first-order valence-electron chi connectivity index (χ1n) is 5.95. The SMILES string of the molecule is CCCCCC(C)Nc1ccc(Br)cc1N. The number of nitrogens with two attached hydrogens (primary N) is 1. The molecule has 0 saturated carbocycles. The lowest BCUT2D eigenvalue weighted by molar-refractivity contribution is 0.615. The Balaban J connectivity index is 2.46. The van der Waals surface area contributed by atoms with Crippen molar-refractivity contribution in [3.05, 3.63) is 22.7 Å². The van der Waals surface area contributed by atoms with Crippen LogP contribution in [0, 0.1) is 0 Å². The average molecular weight is 285 g/mol. The topological polar surface area (TPSA) is 38.0 Å². The Kier molecular flexibility index (Phi) is 5.67. The lowest BCUT2D eigenvalue weighted by atomic mass is 10.1. The molecule has 3 N–H and O–H groups in total. The van der Waals surface area contributed by atoms with Gasteiger partial charge >= 0.3 is 0 Å². The first-order chi connectivity index (χ1) is 7.63. The molecule has 0 aromatic heterocycles. The van der Waals surface area contributed by atoms with Gasteiger partial charge in [-0.15, -0.1) is 0 Å². The smallest absolute Gasteiger partial charge is 0.0576 e. The van der Waals surface area contributed by atoms with Crippen LogP contribution >= 0.6 is 15.9 Å². The zero-order valence-corrected chi connectivity index (χ0v) is 11.7. The van der Waals surface area contributed by atoms with Crippen molar-refractivity contribution in [1.82, 2.24) is 0 Å². The normalized spacial score (nSPS) is 12.4. The maximum absolute atomic E-state index is 5.93. The van der Waals surface area contributed by atoms with Crippen molar-refractivity contribution in [1.29, 1.82) is 0 Å². The molecule has 2 nitrogen and oxygen atoms in total. The van der Waals surface area contributed by atoms with E-state index in [1.54, 1.807) is 0 Å². The molecule has 0 spiro atoms. The van der Waals surface area contributed by atoms with Gasteiger partial charge in [-0.3, -0.25) is 0 Å². The molecule has 1 unspecified atom stereocenters. The van der Waals surface area contributed by atoms with Crippen LogP contribution in [-0.2, 0) is 0 Å². The van der Waals surface area contributed by atoms with Crippen molar-refractivity contribution < 1.29 is 0 Å². The molecule has 1 aromatic carbocycles. The van der Waals surface area contributed by atoms with Gasteiger partial charge in [-0.2, -0.15) is 0 Å². The molecule has 1 rings (SSSR count). The maximum Gasteiger partial charge on any atom is 0.0576 e. The van der Waals surface area contributed by atoms with Crippen LogP contribution in [0.4, 0.5) is 11.4 Å². The summed E-state index contributed by atoms with van der Waals surface area (Å²) in [5.74, 6) is 0. The first-order valence-corrected chi connectivity index (χ1v) is 6.74. The van der Waals surface area contributed by atoms with Gasteiger partial charge in [0, 0.05) is 10.5 Å². The standard InChI is InChI=1S/C13H21BrN2/c1-3-4-5-6-10(2)16-13-8-7-11(14)9-12(13)15/h7-10,16H,3-6,15H2,1-2H3. The molecule has 0 fully saturated rings. The van der Waals surface area contributed by atoms with E-state index in [-0.39, 0.29) is 0 Å². The fourth-order valence-electron chi connectivity index (χ4n) is 1.70. The molecule has 0 saturated heterocycles. The van der Waals surface area contributed by atoms with Crippen LogP contribution in [0.1, 0.15) is 39.5 Å². The Labute approximate surface area is 107 Å². The fraction of sp³-hybridized carbons (Fsp3) is 0.538. The summed E-state index contributed by atoms with van der Waals surface area (Å²) in [5, 5.41) is 3.45. The third-order valence-electron chi connectivity index (χ3n) is 2.66. The highest BCUT2D eigenvalue weighted by Crippen LogP contribution is 2.24. The van der Waals surface area contributed by atoms with E-state index in [9.17, 15) is 0 Å². The number of anilines is 2. The molecule has 1 atom stereocenters. The van der Waals surface area contributed by atoms with E-state index in [1.165, 1.54) is 25.7 Å². The number of rotatable bonds is 6. The van der Waals surface area contributed by atoms with E-state index in [0.717, 1.165) is 15.8 Å². The number of benzene rings is 1.